The fourth-order valence-electron chi connectivity index (χ4n) is 2.41. The van der Waals surface area contributed by atoms with Gasteiger partial charge in [0.15, 0.2) is 0 Å². The van der Waals surface area contributed by atoms with Crippen molar-refractivity contribution in [3.8, 4) is 0 Å². The van der Waals surface area contributed by atoms with E-state index in [-0.39, 0.29) is 0 Å². The Labute approximate surface area is 131 Å². The molecule has 0 unspecified atom stereocenters. The molecule has 0 aliphatic carbocycles. The highest BCUT2D eigenvalue weighted by atomic mass is 32.2. The van der Waals surface area contributed by atoms with Crippen LogP contribution in [0.3, 0.4) is 0 Å². The van der Waals surface area contributed by atoms with Crippen LogP contribution in [0.2, 0.25) is 0 Å². The summed E-state index contributed by atoms with van der Waals surface area (Å²) in [6.45, 7) is 0. The highest BCUT2D eigenvalue weighted by molar-refractivity contribution is 7.94. The van der Waals surface area contributed by atoms with Crippen LogP contribution in [0, 0.1) is 0 Å². The molecular weight excluding hydrogens is 318 g/mol. The summed E-state index contributed by atoms with van der Waals surface area (Å²) in [5.74, 6) is 0. The molecule has 0 aliphatic rings. The first-order valence-electron chi connectivity index (χ1n) is 6.61. The van der Waals surface area contributed by atoms with E-state index in [9.17, 15) is 8.42 Å². The Morgan fingerprint density at radius 2 is 1.73 bits per heavy atom. The third-order valence-electron chi connectivity index (χ3n) is 3.39. The lowest BCUT2D eigenvalue weighted by atomic mass is 10.1. The number of thiophene rings is 1. The van der Waals surface area contributed by atoms with Gasteiger partial charge in [-0.25, -0.2) is 8.42 Å². The van der Waals surface area contributed by atoms with Crippen molar-refractivity contribution in [1.29, 1.82) is 0 Å². The molecule has 4 rings (SSSR count). The first kappa shape index (κ1) is 13.4. The normalized spacial score (nSPS) is 12.0. The summed E-state index contributed by atoms with van der Waals surface area (Å²) in [5.41, 5.74) is 2.04. The molecule has 0 aliphatic heterocycles. The van der Waals surface area contributed by atoms with Gasteiger partial charge in [0, 0.05) is 16.5 Å². The Kier molecular flexibility index (Phi) is 2.95. The van der Waals surface area contributed by atoms with Crippen LogP contribution in [0.4, 0.5) is 5.69 Å². The van der Waals surface area contributed by atoms with Crippen LogP contribution in [0.5, 0.6) is 0 Å². The predicted molar refractivity (Wildman–Crippen MR) is 88.8 cm³/mol. The summed E-state index contributed by atoms with van der Waals surface area (Å²) >= 11 is 1.19. The van der Waals surface area contributed by atoms with E-state index in [1.54, 1.807) is 35.7 Å². The van der Waals surface area contributed by atoms with Gasteiger partial charge in [0.2, 0.25) is 0 Å². The number of hydrogen-bond donors (Lipinski definition) is 1. The van der Waals surface area contributed by atoms with Crippen molar-refractivity contribution in [2.24, 2.45) is 0 Å². The van der Waals surface area contributed by atoms with Crippen LogP contribution in [0.25, 0.3) is 21.9 Å². The highest BCUT2D eigenvalue weighted by Gasteiger charge is 2.16. The molecule has 4 aromatic rings. The second-order valence-corrected chi connectivity index (χ2v) is 7.70. The Bertz CT molecular complexity index is 1060. The van der Waals surface area contributed by atoms with Gasteiger partial charge in [0.05, 0.1) is 0 Å². The fourth-order valence-corrected chi connectivity index (χ4v) is 4.45. The van der Waals surface area contributed by atoms with Gasteiger partial charge in [-0.2, -0.15) is 0 Å². The van der Waals surface area contributed by atoms with E-state index in [0.717, 1.165) is 21.9 Å². The van der Waals surface area contributed by atoms with Crippen LogP contribution in [-0.4, -0.2) is 8.42 Å². The molecule has 4 nitrogen and oxygen atoms in total. The van der Waals surface area contributed by atoms with E-state index in [4.69, 9.17) is 4.42 Å². The molecule has 0 atom stereocenters. The summed E-state index contributed by atoms with van der Waals surface area (Å²) in [6, 6.07) is 16.3. The van der Waals surface area contributed by atoms with Gasteiger partial charge in [-0.1, -0.05) is 24.3 Å². The number of furan rings is 1. The fraction of sp³-hybridized carbons (Fsp3) is 0. The molecule has 0 spiro atoms. The zero-order valence-corrected chi connectivity index (χ0v) is 12.9. The van der Waals surface area contributed by atoms with E-state index in [2.05, 4.69) is 4.72 Å². The molecule has 0 amide bonds. The summed E-state index contributed by atoms with van der Waals surface area (Å²) in [7, 11) is -3.54. The molecule has 22 heavy (non-hydrogen) atoms. The number of para-hydroxylation sites is 1. The minimum atomic E-state index is -3.54. The van der Waals surface area contributed by atoms with Crippen LogP contribution in [0.1, 0.15) is 0 Å². The monoisotopic (exact) mass is 329 g/mol. The van der Waals surface area contributed by atoms with Crippen molar-refractivity contribution < 1.29 is 12.8 Å². The Hall–Kier alpha value is -2.31. The SMILES string of the molecule is O=S(=O)(Nc1ccc2oc3ccccc3c2c1)c1cccs1. The molecule has 110 valence electrons. The van der Waals surface area contributed by atoms with Crippen LogP contribution in [0.15, 0.2) is 68.6 Å². The van der Waals surface area contributed by atoms with Crippen molar-refractivity contribution in [1.82, 2.24) is 0 Å². The molecule has 0 saturated carbocycles. The van der Waals surface area contributed by atoms with E-state index >= 15 is 0 Å². The third-order valence-corrected chi connectivity index (χ3v) is 6.17. The minimum absolute atomic E-state index is 0.296. The largest absolute Gasteiger partial charge is 0.456 e. The first-order chi connectivity index (χ1) is 10.6. The number of anilines is 1. The van der Waals surface area contributed by atoms with Gasteiger partial charge in [-0.3, -0.25) is 4.72 Å². The first-order valence-corrected chi connectivity index (χ1v) is 8.97. The van der Waals surface area contributed by atoms with E-state index < -0.39 is 10.0 Å². The zero-order chi connectivity index (χ0) is 15.2. The lowest BCUT2D eigenvalue weighted by Gasteiger charge is -2.06. The van der Waals surface area contributed by atoms with Gasteiger partial charge in [0.1, 0.15) is 15.4 Å². The lowest BCUT2D eigenvalue weighted by Crippen LogP contribution is -2.11. The number of fused-ring (bicyclic) bond motifs is 3. The van der Waals surface area contributed by atoms with Crippen LogP contribution in [-0.2, 0) is 10.0 Å². The molecule has 1 N–H and O–H groups in total. The zero-order valence-electron chi connectivity index (χ0n) is 11.3. The Morgan fingerprint density at radius 3 is 2.55 bits per heavy atom. The maximum atomic E-state index is 12.3. The maximum Gasteiger partial charge on any atom is 0.271 e. The number of rotatable bonds is 3. The topological polar surface area (TPSA) is 59.3 Å². The van der Waals surface area contributed by atoms with Gasteiger partial charge in [0.25, 0.3) is 10.0 Å². The van der Waals surface area contributed by atoms with Crippen molar-refractivity contribution in [2.45, 2.75) is 4.21 Å². The number of benzene rings is 2. The molecule has 0 bridgehead atoms. The van der Waals surface area contributed by atoms with Gasteiger partial charge < -0.3 is 4.42 Å². The summed E-state index contributed by atoms with van der Waals surface area (Å²) in [4.78, 5) is 0. The number of nitrogens with one attached hydrogen (secondary N) is 1. The number of sulfonamides is 1. The molecule has 6 heteroatoms. The lowest BCUT2D eigenvalue weighted by molar-refractivity contribution is 0.603. The average Bonchev–Trinajstić information content (AvgIpc) is 3.14. The third kappa shape index (κ3) is 2.17. The minimum Gasteiger partial charge on any atom is -0.456 e. The molecule has 2 heterocycles. The molecule has 0 saturated heterocycles. The number of hydrogen-bond acceptors (Lipinski definition) is 4. The molecule has 0 radical (unpaired) electrons. The molecule has 2 aromatic carbocycles. The quantitative estimate of drug-likeness (QED) is 0.604. The maximum absolute atomic E-state index is 12.3. The van der Waals surface area contributed by atoms with E-state index in [1.165, 1.54) is 11.3 Å². The van der Waals surface area contributed by atoms with E-state index in [1.807, 2.05) is 24.3 Å². The predicted octanol–water partition coefficient (Wildman–Crippen LogP) is 4.45. The second-order valence-electron chi connectivity index (χ2n) is 4.85. The standard InChI is InChI=1S/C16H11NO3S2/c18-22(19,16-6-3-9-21-16)17-11-7-8-15-13(10-11)12-4-1-2-5-14(12)20-15/h1-10,17H. The van der Waals surface area contributed by atoms with Gasteiger partial charge in [-0.15, -0.1) is 11.3 Å². The van der Waals surface area contributed by atoms with E-state index in [0.29, 0.717) is 9.90 Å². The van der Waals surface area contributed by atoms with Crippen molar-refractivity contribution in [2.75, 3.05) is 4.72 Å². The molecule has 2 aromatic heterocycles. The summed E-state index contributed by atoms with van der Waals surface area (Å²) in [5, 5.41) is 3.60. The summed E-state index contributed by atoms with van der Waals surface area (Å²) in [6.07, 6.45) is 0. The Balaban J connectivity index is 1.81. The molecule has 0 fully saturated rings. The van der Waals surface area contributed by atoms with Crippen LogP contribution < -0.4 is 4.72 Å². The van der Waals surface area contributed by atoms with Crippen molar-refractivity contribution in [3.63, 3.8) is 0 Å². The van der Waals surface area contributed by atoms with Gasteiger partial charge in [-0.05, 0) is 35.7 Å². The van der Waals surface area contributed by atoms with Crippen molar-refractivity contribution in [3.05, 3.63) is 60.0 Å². The van der Waals surface area contributed by atoms with Gasteiger partial charge >= 0.3 is 0 Å². The second kappa shape index (κ2) is 4.86. The molecular formula is C16H11NO3S2. The smallest absolute Gasteiger partial charge is 0.271 e. The Morgan fingerprint density at radius 1 is 0.909 bits per heavy atom. The average molecular weight is 329 g/mol. The highest BCUT2D eigenvalue weighted by Crippen LogP contribution is 2.31. The van der Waals surface area contributed by atoms with Crippen molar-refractivity contribution >= 4 is 49.0 Å². The van der Waals surface area contributed by atoms with Crippen LogP contribution >= 0.6 is 11.3 Å². The summed E-state index contributed by atoms with van der Waals surface area (Å²) < 4.78 is 33.2.